The summed E-state index contributed by atoms with van der Waals surface area (Å²) in [6.45, 7) is 3.97. The number of hydrogen-bond acceptors (Lipinski definition) is 3. The van der Waals surface area contributed by atoms with Crippen LogP contribution in [0.3, 0.4) is 0 Å². The number of hydrogen-bond donors (Lipinski definition) is 1. The van der Waals surface area contributed by atoms with Crippen molar-refractivity contribution in [3.8, 4) is 11.6 Å². The summed E-state index contributed by atoms with van der Waals surface area (Å²) in [5, 5.41) is 0. The largest absolute Gasteiger partial charge is 0.439 e. The zero-order valence-corrected chi connectivity index (χ0v) is 10.1. The summed E-state index contributed by atoms with van der Waals surface area (Å²) in [5.41, 5.74) is 7.96. The number of aromatic nitrogens is 1. The van der Waals surface area contributed by atoms with Crippen LogP contribution < -0.4 is 10.5 Å². The topological polar surface area (TPSA) is 48.1 Å². The number of aryl methyl sites for hydroxylation is 1. The van der Waals surface area contributed by atoms with Gasteiger partial charge in [0.2, 0.25) is 5.88 Å². The Morgan fingerprint density at radius 3 is 2.35 bits per heavy atom. The molecule has 0 spiro atoms. The first-order valence-electron chi connectivity index (χ1n) is 5.61. The first-order valence-corrected chi connectivity index (χ1v) is 5.61. The fraction of sp³-hybridized carbons (Fsp3) is 0.214. The highest BCUT2D eigenvalue weighted by atomic mass is 16.5. The van der Waals surface area contributed by atoms with Crippen molar-refractivity contribution >= 4 is 0 Å². The summed E-state index contributed by atoms with van der Waals surface area (Å²) in [6.07, 6.45) is 1.74. The fourth-order valence-electron chi connectivity index (χ4n) is 1.45. The van der Waals surface area contributed by atoms with Crippen LogP contribution in [0.5, 0.6) is 11.6 Å². The lowest BCUT2D eigenvalue weighted by Crippen LogP contribution is -2.05. The van der Waals surface area contributed by atoms with Crippen molar-refractivity contribution < 1.29 is 4.74 Å². The van der Waals surface area contributed by atoms with Gasteiger partial charge in [0.15, 0.2) is 0 Å². The van der Waals surface area contributed by atoms with E-state index in [2.05, 4.69) is 4.98 Å². The van der Waals surface area contributed by atoms with Crippen LogP contribution in [0.25, 0.3) is 0 Å². The predicted octanol–water partition coefficient (Wildman–Crippen LogP) is 3.20. The van der Waals surface area contributed by atoms with E-state index in [0.717, 1.165) is 11.3 Å². The summed E-state index contributed by atoms with van der Waals surface area (Å²) >= 11 is 0. The Bertz CT molecular complexity index is 475. The van der Waals surface area contributed by atoms with E-state index in [4.69, 9.17) is 10.5 Å². The molecule has 1 atom stereocenters. The van der Waals surface area contributed by atoms with Crippen LogP contribution in [0.2, 0.25) is 0 Å². The van der Waals surface area contributed by atoms with E-state index in [1.807, 2.05) is 50.2 Å². The molecule has 2 aromatic rings. The van der Waals surface area contributed by atoms with Crippen molar-refractivity contribution in [3.05, 3.63) is 53.7 Å². The molecule has 2 rings (SSSR count). The molecule has 1 unspecified atom stereocenters. The van der Waals surface area contributed by atoms with E-state index >= 15 is 0 Å². The number of nitrogens with zero attached hydrogens (tertiary/aromatic N) is 1. The summed E-state index contributed by atoms with van der Waals surface area (Å²) < 4.78 is 5.62. The third-order valence-electron chi connectivity index (χ3n) is 2.53. The average molecular weight is 228 g/mol. The van der Waals surface area contributed by atoms with Crippen molar-refractivity contribution in [2.45, 2.75) is 19.9 Å². The molecular formula is C14H16N2O. The summed E-state index contributed by atoms with van der Waals surface area (Å²) in [7, 11) is 0. The molecule has 0 saturated carbocycles. The van der Waals surface area contributed by atoms with Crippen molar-refractivity contribution in [1.29, 1.82) is 0 Å². The van der Waals surface area contributed by atoms with Gasteiger partial charge in [-0.25, -0.2) is 4.98 Å². The molecule has 17 heavy (non-hydrogen) atoms. The van der Waals surface area contributed by atoms with Crippen LogP contribution in [0.1, 0.15) is 24.1 Å². The Morgan fingerprint density at radius 2 is 1.82 bits per heavy atom. The molecule has 2 N–H and O–H groups in total. The van der Waals surface area contributed by atoms with Gasteiger partial charge < -0.3 is 10.5 Å². The summed E-state index contributed by atoms with van der Waals surface area (Å²) in [4.78, 5) is 4.22. The Balaban J connectivity index is 2.11. The molecule has 0 aliphatic rings. The minimum absolute atomic E-state index is 0.00377. The molecule has 1 aromatic heterocycles. The molecule has 0 saturated heterocycles. The second-order valence-electron chi connectivity index (χ2n) is 4.13. The van der Waals surface area contributed by atoms with E-state index in [1.165, 1.54) is 5.56 Å². The Hall–Kier alpha value is -1.87. The van der Waals surface area contributed by atoms with Crippen molar-refractivity contribution in [2.75, 3.05) is 0 Å². The van der Waals surface area contributed by atoms with Gasteiger partial charge in [-0.15, -0.1) is 0 Å². The molecule has 0 bridgehead atoms. The van der Waals surface area contributed by atoms with Crippen molar-refractivity contribution in [2.24, 2.45) is 5.73 Å². The summed E-state index contributed by atoms with van der Waals surface area (Å²) in [6, 6.07) is 11.6. The van der Waals surface area contributed by atoms with E-state index in [0.29, 0.717) is 5.88 Å². The van der Waals surface area contributed by atoms with Gasteiger partial charge in [-0.1, -0.05) is 23.8 Å². The van der Waals surface area contributed by atoms with Crippen LogP contribution in [-0.2, 0) is 0 Å². The molecule has 0 aliphatic heterocycles. The zero-order chi connectivity index (χ0) is 12.3. The summed E-state index contributed by atoms with van der Waals surface area (Å²) in [5.74, 6) is 1.37. The molecule has 3 nitrogen and oxygen atoms in total. The lowest BCUT2D eigenvalue weighted by Gasteiger charge is -2.07. The van der Waals surface area contributed by atoms with E-state index in [9.17, 15) is 0 Å². The number of pyridine rings is 1. The van der Waals surface area contributed by atoms with Gasteiger partial charge in [0.05, 0.1) is 0 Å². The Morgan fingerprint density at radius 1 is 1.12 bits per heavy atom. The Kier molecular flexibility index (Phi) is 3.40. The Labute approximate surface area is 101 Å². The third kappa shape index (κ3) is 3.04. The highest BCUT2D eigenvalue weighted by Gasteiger charge is 2.01. The molecule has 0 aliphatic carbocycles. The van der Waals surface area contributed by atoms with E-state index in [-0.39, 0.29) is 6.04 Å². The van der Waals surface area contributed by atoms with Gasteiger partial charge >= 0.3 is 0 Å². The monoisotopic (exact) mass is 228 g/mol. The molecule has 1 heterocycles. The maximum absolute atomic E-state index is 5.75. The second-order valence-corrected chi connectivity index (χ2v) is 4.13. The number of rotatable bonds is 3. The molecule has 0 amide bonds. The van der Waals surface area contributed by atoms with Crippen molar-refractivity contribution in [1.82, 2.24) is 4.98 Å². The standard InChI is InChI=1S/C14H16N2O/c1-10-3-6-13(7-4-10)17-14-8-5-12(9-16-14)11(2)15/h3-9,11H,15H2,1-2H3. The molecule has 1 aromatic carbocycles. The van der Waals surface area contributed by atoms with Crippen molar-refractivity contribution in [3.63, 3.8) is 0 Å². The fourth-order valence-corrected chi connectivity index (χ4v) is 1.45. The van der Waals surface area contributed by atoms with Crippen LogP contribution >= 0.6 is 0 Å². The quantitative estimate of drug-likeness (QED) is 0.877. The molecule has 0 radical (unpaired) electrons. The minimum Gasteiger partial charge on any atom is -0.439 e. The third-order valence-corrected chi connectivity index (χ3v) is 2.53. The van der Waals surface area contributed by atoms with Gasteiger partial charge in [-0.2, -0.15) is 0 Å². The minimum atomic E-state index is -0.00377. The van der Waals surface area contributed by atoms with Crippen LogP contribution in [-0.4, -0.2) is 4.98 Å². The number of benzene rings is 1. The first-order chi connectivity index (χ1) is 8.15. The maximum Gasteiger partial charge on any atom is 0.219 e. The van der Waals surface area contributed by atoms with Crippen LogP contribution in [0.15, 0.2) is 42.6 Å². The SMILES string of the molecule is Cc1ccc(Oc2ccc(C(C)N)cn2)cc1. The number of nitrogens with two attached hydrogens (primary N) is 1. The first kappa shape index (κ1) is 11.6. The maximum atomic E-state index is 5.75. The molecule has 88 valence electrons. The lowest BCUT2D eigenvalue weighted by molar-refractivity contribution is 0.462. The van der Waals surface area contributed by atoms with Gasteiger partial charge in [0.1, 0.15) is 5.75 Å². The van der Waals surface area contributed by atoms with Gasteiger partial charge in [0.25, 0.3) is 0 Å². The lowest BCUT2D eigenvalue weighted by atomic mass is 10.2. The van der Waals surface area contributed by atoms with Gasteiger partial charge in [0, 0.05) is 18.3 Å². The van der Waals surface area contributed by atoms with Gasteiger partial charge in [-0.05, 0) is 31.5 Å². The highest BCUT2D eigenvalue weighted by Crippen LogP contribution is 2.20. The normalized spacial score (nSPS) is 12.2. The molecule has 0 fully saturated rings. The van der Waals surface area contributed by atoms with Gasteiger partial charge in [-0.3, -0.25) is 0 Å². The number of ether oxygens (including phenoxy) is 1. The molecular weight excluding hydrogens is 212 g/mol. The molecule has 3 heteroatoms. The predicted molar refractivity (Wildman–Crippen MR) is 68.1 cm³/mol. The van der Waals surface area contributed by atoms with Crippen LogP contribution in [0.4, 0.5) is 0 Å². The zero-order valence-electron chi connectivity index (χ0n) is 10.1. The smallest absolute Gasteiger partial charge is 0.219 e. The highest BCUT2D eigenvalue weighted by molar-refractivity contribution is 5.30. The van der Waals surface area contributed by atoms with Crippen LogP contribution in [0, 0.1) is 6.92 Å². The van der Waals surface area contributed by atoms with E-state index < -0.39 is 0 Å². The van der Waals surface area contributed by atoms with E-state index in [1.54, 1.807) is 6.20 Å². The average Bonchev–Trinajstić information content (AvgIpc) is 2.33. The second kappa shape index (κ2) is 4.97.